The fraction of sp³-hybridized carbons (Fsp3) is 1.00. The molecule has 6 heteroatoms. The van der Waals surface area contributed by atoms with Crippen molar-refractivity contribution in [2.45, 2.75) is 103 Å². The van der Waals surface area contributed by atoms with Crippen molar-refractivity contribution in [3.05, 3.63) is 0 Å². The van der Waals surface area contributed by atoms with Crippen molar-refractivity contribution in [2.24, 2.45) is 0 Å². The van der Waals surface area contributed by atoms with Gasteiger partial charge in [-0.1, -0.05) is 90.4 Å². The Balaban J connectivity index is 3.31. The molecule has 5 nitrogen and oxygen atoms in total. The van der Waals surface area contributed by atoms with Crippen LogP contribution in [0.2, 0.25) is 0 Å². The monoisotopic (exact) mass is 394 g/mol. The van der Waals surface area contributed by atoms with E-state index in [1.54, 1.807) is 0 Å². The first kappa shape index (κ1) is 26.1. The van der Waals surface area contributed by atoms with Gasteiger partial charge in [-0.25, -0.2) is 4.57 Å². The standard InChI is InChI=1S/C20H43O5P/c1-3-4-5-6-7-8-9-10-11-12-13-14-15-16-19-24-26(22,23-2)25-20-17-18-21/h21H,3-20H2,1-2H3. The molecule has 0 aliphatic rings. The largest absolute Gasteiger partial charge is 0.474 e. The van der Waals surface area contributed by atoms with Crippen LogP contribution in [0.4, 0.5) is 0 Å². The van der Waals surface area contributed by atoms with Crippen molar-refractivity contribution < 1.29 is 23.2 Å². The van der Waals surface area contributed by atoms with Crippen LogP contribution in [0.5, 0.6) is 0 Å². The molecule has 1 atom stereocenters. The van der Waals surface area contributed by atoms with Gasteiger partial charge in [0.15, 0.2) is 0 Å². The van der Waals surface area contributed by atoms with E-state index in [9.17, 15) is 4.57 Å². The lowest BCUT2D eigenvalue weighted by Gasteiger charge is -2.15. The lowest BCUT2D eigenvalue weighted by molar-refractivity contribution is 0.121. The molecule has 0 aromatic heterocycles. The van der Waals surface area contributed by atoms with Crippen LogP contribution in [0.25, 0.3) is 0 Å². The Morgan fingerprint density at radius 1 is 0.654 bits per heavy atom. The highest BCUT2D eigenvalue weighted by Gasteiger charge is 2.23. The second-order valence-corrected chi connectivity index (χ2v) is 8.75. The molecule has 0 amide bonds. The van der Waals surface area contributed by atoms with Gasteiger partial charge in [0, 0.05) is 13.7 Å². The molecular formula is C20H43O5P. The van der Waals surface area contributed by atoms with Gasteiger partial charge in [0.2, 0.25) is 0 Å². The maximum atomic E-state index is 12.0. The Morgan fingerprint density at radius 2 is 1.04 bits per heavy atom. The minimum atomic E-state index is -3.43. The highest BCUT2D eigenvalue weighted by Crippen LogP contribution is 2.48. The summed E-state index contributed by atoms with van der Waals surface area (Å²) >= 11 is 0. The van der Waals surface area contributed by atoms with E-state index >= 15 is 0 Å². The molecule has 0 aliphatic heterocycles. The van der Waals surface area contributed by atoms with Crippen LogP contribution in [0.3, 0.4) is 0 Å². The van der Waals surface area contributed by atoms with Gasteiger partial charge in [0.1, 0.15) is 0 Å². The number of aliphatic hydroxyl groups excluding tert-OH is 1. The molecule has 1 unspecified atom stereocenters. The topological polar surface area (TPSA) is 65.0 Å². The number of rotatable bonds is 21. The van der Waals surface area contributed by atoms with Crippen molar-refractivity contribution in [2.75, 3.05) is 26.9 Å². The van der Waals surface area contributed by atoms with Gasteiger partial charge in [0.25, 0.3) is 0 Å². The summed E-state index contributed by atoms with van der Waals surface area (Å²) in [5.41, 5.74) is 0. The molecule has 0 heterocycles. The zero-order valence-electron chi connectivity index (χ0n) is 17.3. The summed E-state index contributed by atoms with van der Waals surface area (Å²) in [6, 6.07) is 0. The molecule has 0 aliphatic carbocycles. The summed E-state index contributed by atoms with van der Waals surface area (Å²) in [6.07, 6.45) is 18.6. The minimum absolute atomic E-state index is 0.00265. The molecular weight excluding hydrogens is 351 g/mol. The molecule has 0 rings (SSSR count). The molecule has 0 aromatic carbocycles. The molecule has 0 bridgehead atoms. The Bertz CT molecular complexity index is 325. The summed E-state index contributed by atoms with van der Waals surface area (Å²) in [5.74, 6) is 0. The highest BCUT2D eigenvalue weighted by molar-refractivity contribution is 7.48. The first-order chi connectivity index (χ1) is 12.7. The zero-order chi connectivity index (χ0) is 19.3. The highest BCUT2D eigenvalue weighted by atomic mass is 31.2. The molecule has 0 spiro atoms. The van der Waals surface area contributed by atoms with Crippen molar-refractivity contribution in [3.63, 3.8) is 0 Å². The van der Waals surface area contributed by atoms with Crippen molar-refractivity contribution >= 4 is 7.82 Å². The van der Waals surface area contributed by atoms with Gasteiger partial charge in [-0.2, -0.15) is 0 Å². The maximum Gasteiger partial charge on any atom is 0.474 e. The van der Waals surface area contributed by atoms with Crippen molar-refractivity contribution in [1.29, 1.82) is 0 Å². The quantitative estimate of drug-likeness (QED) is 0.175. The van der Waals surface area contributed by atoms with E-state index in [0.29, 0.717) is 13.0 Å². The van der Waals surface area contributed by atoms with E-state index in [0.717, 1.165) is 12.8 Å². The van der Waals surface area contributed by atoms with Crippen LogP contribution in [-0.2, 0) is 18.1 Å². The smallest absolute Gasteiger partial charge is 0.396 e. The molecule has 0 aromatic rings. The van der Waals surface area contributed by atoms with Crippen LogP contribution >= 0.6 is 7.82 Å². The average Bonchev–Trinajstić information content (AvgIpc) is 2.65. The number of phosphoric ester groups is 1. The fourth-order valence-corrected chi connectivity index (χ4v) is 3.85. The average molecular weight is 395 g/mol. The second-order valence-electron chi connectivity index (χ2n) is 6.97. The summed E-state index contributed by atoms with van der Waals surface area (Å²) < 4.78 is 27.2. The van der Waals surface area contributed by atoms with Gasteiger partial charge in [-0.15, -0.1) is 0 Å². The molecule has 0 fully saturated rings. The van der Waals surface area contributed by atoms with Crippen molar-refractivity contribution in [1.82, 2.24) is 0 Å². The Labute approximate surface area is 161 Å². The Hall–Kier alpha value is 0.0700. The number of hydrogen-bond acceptors (Lipinski definition) is 5. The summed E-state index contributed by atoms with van der Waals surface area (Å²) in [6.45, 7) is 2.84. The Morgan fingerprint density at radius 3 is 1.42 bits per heavy atom. The third-order valence-corrected chi connectivity index (χ3v) is 5.97. The molecule has 0 saturated carbocycles. The zero-order valence-corrected chi connectivity index (χ0v) is 18.1. The predicted molar refractivity (Wildman–Crippen MR) is 109 cm³/mol. The first-order valence-electron chi connectivity index (χ1n) is 10.7. The summed E-state index contributed by atoms with van der Waals surface area (Å²) in [5, 5.41) is 8.70. The molecule has 0 radical (unpaired) electrons. The Kier molecular flexibility index (Phi) is 19.9. The fourth-order valence-electron chi connectivity index (χ4n) is 2.86. The van der Waals surface area contributed by atoms with E-state index in [2.05, 4.69) is 6.92 Å². The number of aliphatic hydroxyl groups is 1. The van der Waals surface area contributed by atoms with Crippen LogP contribution in [0, 0.1) is 0 Å². The van der Waals surface area contributed by atoms with Gasteiger partial charge in [0.05, 0.1) is 13.2 Å². The number of phosphoric acid groups is 1. The second kappa shape index (κ2) is 19.8. The lowest BCUT2D eigenvalue weighted by Crippen LogP contribution is -2.02. The molecule has 158 valence electrons. The van der Waals surface area contributed by atoms with E-state index in [1.807, 2.05) is 0 Å². The van der Waals surface area contributed by atoms with Crippen LogP contribution in [0.15, 0.2) is 0 Å². The van der Waals surface area contributed by atoms with Crippen LogP contribution in [0.1, 0.15) is 103 Å². The minimum Gasteiger partial charge on any atom is -0.396 e. The maximum absolute atomic E-state index is 12.0. The van der Waals surface area contributed by atoms with Gasteiger partial charge < -0.3 is 5.11 Å². The van der Waals surface area contributed by atoms with E-state index in [1.165, 1.54) is 84.2 Å². The summed E-state index contributed by atoms with van der Waals surface area (Å²) in [4.78, 5) is 0. The van der Waals surface area contributed by atoms with E-state index in [4.69, 9.17) is 18.7 Å². The van der Waals surface area contributed by atoms with Crippen LogP contribution < -0.4 is 0 Å². The third kappa shape index (κ3) is 17.5. The number of hydrogen-bond donors (Lipinski definition) is 1. The molecule has 1 N–H and O–H groups in total. The predicted octanol–water partition coefficient (Wildman–Crippen LogP) is 6.64. The van der Waals surface area contributed by atoms with Gasteiger partial charge >= 0.3 is 7.82 Å². The lowest BCUT2D eigenvalue weighted by atomic mass is 10.0. The first-order valence-corrected chi connectivity index (χ1v) is 12.2. The van der Waals surface area contributed by atoms with E-state index in [-0.39, 0.29) is 13.2 Å². The normalized spacial score (nSPS) is 13.8. The third-order valence-electron chi connectivity index (χ3n) is 4.52. The molecule has 0 saturated heterocycles. The summed E-state index contributed by atoms with van der Waals surface area (Å²) in [7, 11) is -2.10. The van der Waals surface area contributed by atoms with Crippen LogP contribution in [-0.4, -0.2) is 32.0 Å². The van der Waals surface area contributed by atoms with Crippen molar-refractivity contribution in [3.8, 4) is 0 Å². The number of unbranched alkanes of at least 4 members (excludes halogenated alkanes) is 13. The molecule has 26 heavy (non-hydrogen) atoms. The van der Waals surface area contributed by atoms with Gasteiger partial charge in [-0.3, -0.25) is 13.6 Å². The SMILES string of the molecule is CCCCCCCCCCCCCCCCOP(=O)(OC)OCCCO. The van der Waals surface area contributed by atoms with Gasteiger partial charge in [-0.05, 0) is 12.8 Å². The van der Waals surface area contributed by atoms with E-state index < -0.39 is 7.82 Å².